The van der Waals surface area contributed by atoms with Crippen LogP contribution in [0.2, 0.25) is 0 Å². The summed E-state index contributed by atoms with van der Waals surface area (Å²) in [6.07, 6.45) is -0.167. The van der Waals surface area contributed by atoms with Gasteiger partial charge in [0.2, 0.25) is 5.89 Å². The maximum atomic E-state index is 5.60. The van der Waals surface area contributed by atoms with Crippen molar-refractivity contribution in [2.75, 3.05) is 13.7 Å². The average molecular weight is 246 g/mol. The van der Waals surface area contributed by atoms with E-state index < -0.39 is 0 Å². The Kier molecular flexibility index (Phi) is 2.76. The molecule has 2 atom stereocenters. The topological polar surface area (TPSA) is 57.4 Å². The van der Waals surface area contributed by atoms with Gasteiger partial charge in [0.1, 0.15) is 24.4 Å². The molecule has 0 unspecified atom stereocenters. The molecule has 0 N–H and O–H groups in total. The van der Waals surface area contributed by atoms with E-state index in [-0.39, 0.29) is 12.0 Å². The summed E-state index contributed by atoms with van der Waals surface area (Å²) < 4.78 is 16.1. The van der Waals surface area contributed by atoms with E-state index in [9.17, 15) is 0 Å². The highest BCUT2D eigenvalue weighted by Crippen LogP contribution is 2.37. The molecule has 0 aliphatic carbocycles. The second-order valence-electron chi connectivity index (χ2n) is 4.27. The van der Waals surface area contributed by atoms with Crippen LogP contribution in [-0.4, -0.2) is 23.9 Å². The Morgan fingerprint density at radius 3 is 3.06 bits per heavy atom. The standard InChI is InChI=1S/C13H14N2O3/c1-8(16-2)12-14-13(18-15-12)10-7-17-11-6-4-3-5-9(10)11/h3-6,8,10H,7H2,1-2H3/t8-,10-/m0/s1. The van der Waals surface area contributed by atoms with E-state index in [1.165, 1.54) is 0 Å². The summed E-state index contributed by atoms with van der Waals surface area (Å²) in [4.78, 5) is 4.38. The van der Waals surface area contributed by atoms with Gasteiger partial charge < -0.3 is 14.0 Å². The van der Waals surface area contributed by atoms with Gasteiger partial charge in [0.15, 0.2) is 5.82 Å². The number of ether oxygens (including phenoxy) is 2. The smallest absolute Gasteiger partial charge is 0.237 e. The van der Waals surface area contributed by atoms with Crippen molar-refractivity contribution >= 4 is 0 Å². The van der Waals surface area contributed by atoms with Crippen LogP contribution in [0.15, 0.2) is 28.8 Å². The van der Waals surface area contributed by atoms with Crippen LogP contribution in [0, 0.1) is 0 Å². The van der Waals surface area contributed by atoms with Crippen molar-refractivity contribution in [1.29, 1.82) is 0 Å². The highest BCUT2D eigenvalue weighted by atomic mass is 16.5. The van der Waals surface area contributed by atoms with E-state index in [1.54, 1.807) is 7.11 Å². The zero-order chi connectivity index (χ0) is 12.5. The van der Waals surface area contributed by atoms with Gasteiger partial charge in [0.25, 0.3) is 0 Å². The molecule has 18 heavy (non-hydrogen) atoms. The molecule has 3 rings (SSSR count). The monoisotopic (exact) mass is 246 g/mol. The number of hydrogen-bond acceptors (Lipinski definition) is 5. The molecule has 1 aromatic heterocycles. The zero-order valence-corrected chi connectivity index (χ0v) is 10.3. The predicted molar refractivity (Wildman–Crippen MR) is 63.5 cm³/mol. The Labute approximate surface area is 105 Å². The Balaban J connectivity index is 1.91. The number of para-hydroxylation sites is 1. The minimum absolute atomic E-state index is 0.0199. The maximum Gasteiger partial charge on any atom is 0.237 e. The van der Waals surface area contributed by atoms with Crippen LogP contribution < -0.4 is 4.74 Å². The lowest BCUT2D eigenvalue weighted by atomic mass is 10.0. The third-order valence-corrected chi connectivity index (χ3v) is 3.17. The second-order valence-corrected chi connectivity index (χ2v) is 4.27. The summed E-state index contributed by atoms with van der Waals surface area (Å²) >= 11 is 0. The number of benzene rings is 1. The van der Waals surface area contributed by atoms with Gasteiger partial charge in [-0.05, 0) is 13.0 Å². The predicted octanol–water partition coefficient (Wildman–Crippen LogP) is 2.30. The first-order valence-electron chi connectivity index (χ1n) is 5.87. The van der Waals surface area contributed by atoms with Crippen molar-refractivity contribution in [1.82, 2.24) is 10.1 Å². The molecule has 0 radical (unpaired) electrons. The zero-order valence-electron chi connectivity index (χ0n) is 10.3. The van der Waals surface area contributed by atoms with Gasteiger partial charge in [0, 0.05) is 12.7 Å². The molecule has 0 saturated heterocycles. The van der Waals surface area contributed by atoms with Crippen LogP contribution in [0.4, 0.5) is 0 Å². The van der Waals surface area contributed by atoms with Crippen molar-refractivity contribution < 1.29 is 14.0 Å². The molecule has 0 saturated carbocycles. The van der Waals surface area contributed by atoms with Gasteiger partial charge in [-0.3, -0.25) is 0 Å². The molecule has 5 heteroatoms. The average Bonchev–Trinajstić information content (AvgIpc) is 3.03. The molecule has 1 aliphatic heterocycles. The van der Waals surface area contributed by atoms with Gasteiger partial charge in [0.05, 0.1) is 0 Å². The highest BCUT2D eigenvalue weighted by Gasteiger charge is 2.30. The van der Waals surface area contributed by atoms with Crippen LogP contribution in [0.25, 0.3) is 0 Å². The van der Waals surface area contributed by atoms with Crippen LogP contribution >= 0.6 is 0 Å². The van der Waals surface area contributed by atoms with E-state index in [1.807, 2.05) is 31.2 Å². The van der Waals surface area contributed by atoms with E-state index >= 15 is 0 Å². The molecule has 0 spiro atoms. The van der Waals surface area contributed by atoms with Gasteiger partial charge >= 0.3 is 0 Å². The molecule has 1 aromatic carbocycles. The van der Waals surface area contributed by atoms with Crippen molar-refractivity contribution in [3.63, 3.8) is 0 Å². The molecule has 0 amide bonds. The maximum absolute atomic E-state index is 5.60. The first-order chi connectivity index (χ1) is 8.79. The van der Waals surface area contributed by atoms with E-state index in [2.05, 4.69) is 10.1 Å². The summed E-state index contributed by atoms with van der Waals surface area (Å²) in [6, 6.07) is 7.91. The van der Waals surface area contributed by atoms with E-state index in [0.717, 1.165) is 11.3 Å². The molecule has 1 aliphatic rings. The summed E-state index contributed by atoms with van der Waals surface area (Å²) in [5.41, 5.74) is 1.10. The first kappa shape index (κ1) is 11.2. The van der Waals surface area contributed by atoms with Gasteiger partial charge in [-0.1, -0.05) is 23.4 Å². The number of methoxy groups -OCH3 is 1. The third-order valence-electron chi connectivity index (χ3n) is 3.17. The second kappa shape index (κ2) is 4.42. The van der Waals surface area contributed by atoms with Gasteiger partial charge in [-0.15, -0.1) is 0 Å². The molecule has 5 nitrogen and oxygen atoms in total. The Hall–Kier alpha value is -1.88. The third kappa shape index (κ3) is 1.76. The molecule has 2 aromatic rings. The normalized spacial score (nSPS) is 19.3. The number of hydrogen-bond donors (Lipinski definition) is 0. The Morgan fingerprint density at radius 1 is 1.39 bits per heavy atom. The number of aromatic nitrogens is 2. The fourth-order valence-electron chi connectivity index (χ4n) is 2.03. The number of nitrogens with zero attached hydrogens (tertiary/aromatic N) is 2. The molecule has 2 heterocycles. The largest absolute Gasteiger partial charge is 0.492 e. The van der Waals surface area contributed by atoms with Crippen LogP contribution in [0.5, 0.6) is 5.75 Å². The minimum Gasteiger partial charge on any atom is -0.492 e. The van der Waals surface area contributed by atoms with Crippen molar-refractivity contribution in [3.8, 4) is 5.75 Å². The fourth-order valence-corrected chi connectivity index (χ4v) is 2.03. The van der Waals surface area contributed by atoms with E-state index in [4.69, 9.17) is 14.0 Å². The summed E-state index contributed by atoms with van der Waals surface area (Å²) in [6.45, 7) is 2.43. The first-order valence-corrected chi connectivity index (χ1v) is 5.87. The SMILES string of the molecule is CO[C@@H](C)c1noc([C@H]2COc3ccccc32)n1. The minimum atomic E-state index is -0.167. The lowest BCUT2D eigenvalue weighted by Gasteiger charge is -2.02. The Morgan fingerprint density at radius 2 is 2.22 bits per heavy atom. The molecule has 0 bridgehead atoms. The quantitative estimate of drug-likeness (QED) is 0.831. The van der Waals surface area contributed by atoms with Crippen LogP contribution in [0.3, 0.4) is 0 Å². The van der Waals surface area contributed by atoms with Gasteiger partial charge in [-0.2, -0.15) is 4.98 Å². The molecular formula is C13H14N2O3. The Bertz CT molecular complexity index is 553. The van der Waals surface area contributed by atoms with Crippen molar-refractivity contribution in [3.05, 3.63) is 41.5 Å². The lowest BCUT2D eigenvalue weighted by Crippen LogP contribution is -2.04. The molecule has 94 valence electrons. The lowest BCUT2D eigenvalue weighted by molar-refractivity contribution is 0.109. The van der Waals surface area contributed by atoms with E-state index in [0.29, 0.717) is 18.3 Å². The fraction of sp³-hybridized carbons (Fsp3) is 0.385. The summed E-state index contributed by atoms with van der Waals surface area (Å²) in [7, 11) is 1.62. The van der Waals surface area contributed by atoms with Crippen LogP contribution in [0.1, 0.15) is 36.2 Å². The summed E-state index contributed by atoms with van der Waals surface area (Å²) in [5.74, 6) is 2.06. The van der Waals surface area contributed by atoms with Crippen molar-refractivity contribution in [2.45, 2.75) is 18.9 Å². The highest BCUT2D eigenvalue weighted by molar-refractivity contribution is 5.42. The van der Waals surface area contributed by atoms with Crippen LogP contribution in [-0.2, 0) is 4.74 Å². The van der Waals surface area contributed by atoms with Crippen molar-refractivity contribution in [2.24, 2.45) is 0 Å². The van der Waals surface area contributed by atoms with Gasteiger partial charge in [-0.25, -0.2) is 0 Å². The summed E-state index contributed by atoms with van der Waals surface area (Å²) in [5, 5.41) is 3.94. The number of rotatable bonds is 3. The molecule has 0 fully saturated rings. The number of fused-ring (bicyclic) bond motifs is 1. The molecular weight excluding hydrogens is 232 g/mol.